The van der Waals surface area contributed by atoms with Crippen molar-refractivity contribution in [2.45, 2.75) is 13.0 Å². The number of nitrogens with zero attached hydrogens (tertiary/aromatic N) is 2. The molecule has 0 aliphatic heterocycles. The van der Waals surface area contributed by atoms with Gasteiger partial charge in [-0.25, -0.2) is 9.37 Å². The number of anilines is 1. The summed E-state index contributed by atoms with van der Waals surface area (Å²) in [6, 6.07) is 12.4. The number of halogens is 2. The van der Waals surface area contributed by atoms with Gasteiger partial charge in [0.05, 0.1) is 6.04 Å². The van der Waals surface area contributed by atoms with Crippen LogP contribution in [0, 0.1) is 5.82 Å². The van der Waals surface area contributed by atoms with Crippen molar-refractivity contribution >= 4 is 21.7 Å². The lowest BCUT2D eigenvalue weighted by Crippen LogP contribution is -2.23. The maximum absolute atomic E-state index is 13.7. The smallest absolute Gasteiger partial charge is 0.130 e. The second-order valence-corrected chi connectivity index (χ2v) is 4.94. The molecule has 2 aromatic rings. The van der Waals surface area contributed by atoms with E-state index in [-0.39, 0.29) is 11.9 Å². The van der Waals surface area contributed by atoms with Crippen LogP contribution in [0.1, 0.15) is 18.5 Å². The first-order chi connectivity index (χ1) is 8.59. The first-order valence-electron chi connectivity index (χ1n) is 5.69. The fourth-order valence-electron chi connectivity index (χ4n) is 1.81. The van der Waals surface area contributed by atoms with Gasteiger partial charge in [-0.05, 0) is 41.1 Å². The summed E-state index contributed by atoms with van der Waals surface area (Å²) in [6.07, 6.45) is 0. The topological polar surface area (TPSA) is 16.1 Å². The molecule has 2 rings (SSSR count). The van der Waals surface area contributed by atoms with Crippen molar-refractivity contribution in [2.75, 3.05) is 11.9 Å². The van der Waals surface area contributed by atoms with Gasteiger partial charge in [-0.15, -0.1) is 0 Å². The van der Waals surface area contributed by atoms with Gasteiger partial charge in [0, 0.05) is 12.6 Å². The molecule has 2 nitrogen and oxygen atoms in total. The van der Waals surface area contributed by atoms with Crippen LogP contribution in [0.3, 0.4) is 0 Å². The summed E-state index contributed by atoms with van der Waals surface area (Å²) in [5, 5.41) is 0. The minimum atomic E-state index is -0.188. The van der Waals surface area contributed by atoms with Crippen molar-refractivity contribution in [3.8, 4) is 0 Å². The number of hydrogen-bond donors (Lipinski definition) is 0. The lowest BCUT2D eigenvalue weighted by Gasteiger charge is -2.26. The van der Waals surface area contributed by atoms with Gasteiger partial charge in [0.2, 0.25) is 0 Å². The first-order valence-corrected chi connectivity index (χ1v) is 6.48. The largest absolute Gasteiger partial charge is 0.353 e. The van der Waals surface area contributed by atoms with Crippen molar-refractivity contribution < 1.29 is 4.39 Å². The van der Waals surface area contributed by atoms with Crippen LogP contribution in [0.4, 0.5) is 10.2 Å². The molecule has 1 heterocycles. The average Bonchev–Trinajstić information content (AvgIpc) is 2.37. The molecule has 0 aliphatic carbocycles. The quantitative estimate of drug-likeness (QED) is 0.791. The molecule has 94 valence electrons. The zero-order chi connectivity index (χ0) is 13.1. The lowest BCUT2D eigenvalue weighted by atomic mass is 10.1. The molecule has 0 N–H and O–H groups in total. The van der Waals surface area contributed by atoms with Crippen molar-refractivity contribution in [2.24, 2.45) is 0 Å². The third-order valence-corrected chi connectivity index (χ3v) is 3.44. The number of rotatable bonds is 3. The van der Waals surface area contributed by atoms with E-state index in [9.17, 15) is 4.39 Å². The summed E-state index contributed by atoms with van der Waals surface area (Å²) in [4.78, 5) is 6.32. The van der Waals surface area contributed by atoms with Gasteiger partial charge in [0.25, 0.3) is 0 Å². The van der Waals surface area contributed by atoms with Crippen LogP contribution >= 0.6 is 15.9 Å². The van der Waals surface area contributed by atoms with Gasteiger partial charge in [-0.3, -0.25) is 0 Å². The average molecular weight is 309 g/mol. The molecule has 4 heteroatoms. The number of pyridine rings is 1. The highest BCUT2D eigenvalue weighted by Gasteiger charge is 2.16. The van der Waals surface area contributed by atoms with Crippen molar-refractivity contribution in [1.82, 2.24) is 4.98 Å². The highest BCUT2D eigenvalue weighted by atomic mass is 79.9. The zero-order valence-corrected chi connectivity index (χ0v) is 11.9. The Morgan fingerprint density at radius 2 is 1.89 bits per heavy atom. The fourth-order valence-corrected chi connectivity index (χ4v) is 2.15. The molecule has 0 saturated carbocycles. The second-order valence-electron chi connectivity index (χ2n) is 4.13. The fraction of sp³-hybridized carbons (Fsp3) is 0.214. The Kier molecular flexibility index (Phi) is 3.97. The normalized spacial score (nSPS) is 12.2. The molecule has 0 amide bonds. The van der Waals surface area contributed by atoms with Gasteiger partial charge in [-0.2, -0.15) is 0 Å². The highest BCUT2D eigenvalue weighted by molar-refractivity contribution is 9.10. The molecule has 1 atom stereocenters. The van der Waals surface area contributed by atoms with Gasteiger partial charge in [0.15, 0.2) is 0 Å². The number of benzene rings is 1. The zero-order valence-electron chi connectivity index (χ0n) is 10.3. The van der Waals surface area contributed by atoms with E-state index in [1.54, 1.807) is 12.1 Å². The van der Waals surface area contributed by atoms with Crippen LogP contribution in [0.5, 0.6) is 0 Å². The Labute approximate surface area is 115 Å². The SMILES string of the molecule is CC(c1ccccc1F)N(C)c1cccc(Br)n1. The maximum Gasteiger partial charge on any atom is 0.130 e. The Morgan fingerprint density at radius 3 is 2.56 bits per heavy atom. The third kappa shape index (κ3) is 2.70. The van der Waals surface area contributed by atoms with E-state index in [1.807, 2.05) is 43.1 Å². The summed E-state index contributed by atoms with van der Waals surface area (Å²) in [7, 11) is 1.91. The number of aromatic nitrogens is 1. The van der Waals surface area contributed by atoms with Gasteiger partial charge < -0.3 is 4.90 Å². The van der Waals surface area contributed by atoms with Crippen LogP contribution in [0.15, 0.2) is 47.1 Å². The van der Waals surface area contributed by atoms with E-state index < -0.39 is 0 Å². The van der Waals surface area contributed by atoms with E-state index in [1.165, 1.54) is 6.07 Å². The van der Waals surface area contributed by atoms with Crippen molar-refractivity contribution in [3.63, 3.8) is 0 Å². The van der Waals surface area contributed by atoms with Crippen LogP contribution in [-0.4, -0.2) is 12.0 Å². The summed E-state index contributed by atoms with van der Waals surface area (Å²) < 4.78 is 14.5. The summed E-state index contributed by atoms with van der Waals surface area (Å²) in [6.45, 7) is 1.96. The molecule has 18 heavy (non-hydrogen) atoms. The Bertz CT molecular complexity index is 545. The highest BCUT2D eigenvalue weighted by Crippen LogP contribution is 2.26. The predicted octanol–water partition coefficient (Wildman–Crippen LogP) is 4.18. The van der Waals surface area contributed by atoms with Crippen molar-refractivity contribution in [3.05, 3.63) is 58.4 Å². The summed E-state index contributed by atoms with van der Waals surface area (Å²) in [5.74, 6) is 0.618. The van der Waals surface area contributed by atoms with Crippen LogP contribution in [0.2, 0.25) is 0 Å². The monoisotopic (exact) mass is 308 g/mol. The third-order valence-electron chi connectivity index (χ3n) is 3.00. The van der Waals surface area contributed by atoms with Crippen LogP contribution in [0.25, 0.3) is 0 Å². The number of hydrogen-bond acceptors (Lipinski definition) is 2. The molecule has 0 saturated heterocycles. The molecule has 0 aliphatic rings. The van der Waals surface area contributed by atoms with Gasteiger partial charge in [-0.1, -0.05) is 24.3 Å². The molecule has 1 unspecified atom stereocenters. The second kappa shape index (κ2) is 5.48. The van der Waals surface area contributed by atoms with Crippen molar-refractivity contribution in [1.29, 1.82) is 0 Å². The van der Waals surface area contributed by atoms with E-state index in [2.05, 4.69) is 20.9 Å². The van der Waals surface area contributed by atoms with E-state index in [0.29, 0.717) is 5.56 Å². The van der Waals surface area contributed by atoms with Gasteiger partial charge in [0.1, 0.15) is 16.2 Å². The predicted molar refractivity (Wildman–Crippen MR) is 75.2 cm³/mol. The van der Waals surface area contributed by atoms with E-state index in [0.717, 1.165) is 10.4 Å². The molecule has 0 fully saturated rings. The van der Waals surface area contributed by atoms with E-state index >= 15 is 0 Å². The molecule has 1 aromatic carbocycles. The molecule has 0 spiro atoms. The Morgan fingerprint density at radius 1 is 1.17 bits per heavy atom. The van der Waals surface area contributed by atoms with Crippen LogP contribution < -0.4 is 4.90 Å². The lowest BCUT2D eigenvalue weighted by molar-refractivity contribution is 0.584. The molecular formula is C14H14BrFN2. The van der Waals surface area contributed by atoms with Crippen LogP contribution in [-0.2, 0) is 0 Å². The Balaban J connectivity index is 2.29. The van der Waals surface area contributed by atoms with Gasteiger partial charge >= 0.3 is 0 Å². The summed E-state index contributed by atoms with van der Waals surface area (Å²) >= 11 is 3.34. The Hall–Kier alpha value is -1.42. The standard InChI is InChI=1S/C14H14BrFN2/c1-10(11-6-3-4-7-12(11)16)18(2)14-9-5-8-13(15)17-14/h3-10H,1-2H3. The minimum absolute atomic E-state index is 0.0759. The molecule has 0 radical (unpaired) electrons. The minimum Gasteiger partial charge on any atom is -0.353 e. The molecule has 1 aromatic heterocycles. The molecule has 0 bridgehead atoms. The maximum atomic E-state index is 13.7. The van der Waals surface area contributed by atoms with E-state index in [4.69, 9.17) is 0 Å². The first kappa shape index (κ1) is 13.0. The molecular weight excluding hydrogens is 295 g/mol. The summed E-state index contributed by atoms with van der Waals surface area (Å²) in [5.41, 5.74) is 0.668.